The molecule has 0 spiro atoms. The molecule has 0 fully saturated rings. The molecule has 1 aromatic heterocycles. The van der Waals surface area contributed by atoms with Gasteiger partial charge in [0.25, 0.3) is 0 Å². The van der Waals surface area contributed by atoms with Gasteiger partial charge in [-0.25, -0.2) is 4.98 Å². The van der Waals surface area contributed by atoms with Gasteiger partial charge in [-0.15, -0.1) is 11.3 Å². The highest BCUT2D eigenvalue weighted by Gasteiger charge is 2.16. The van der Waals surface area contributed by atoms with Crippen LogP contribution in [-0.4, -0.2) is 35.5 Å². The fraction of sp³-hybridized carbons (Fsp3) is 0.692. The zero-order chi connectivity index (χ0) is 14.5. The molecule has 0 saturated carbocycles. The van der Waals surface area contributed by atoms with Gasteiger partial charge in [-0.05, 0) is 34.0 Å². The number of hydrogen-bond donors (Lipinski definition) is 2. The number of guanidine groups is 1. The number of nitrogens with zero attached hydrogens (tertiary/aromatic N) is 2. The Morgan fingerprint density at radius 3 is 2.53 bits per heavy atom. The Kier molecular flexibility index (Phi) is 6.13. The lowest BCUT2D eigenvalue weighted by atomic mass is 10.2. The molecule has 0 saturated heterocycles. The van der Waals surface area contributed by atoms with Crippen molar-refractivity contribution in [2.24, 2.45) is 4.99 Å². The number of aliphatic imine (C=N–C) groups is 1. The minimum Gasteiger partial charge on any atom is -0.355 e. The summed E-state index contributed by atoms with van der Waals surface area (Å²) >= 11 is 3.58. The van der Waals surface area contributed by atoms with Crippen LogP contribution in [0, 0.1) is 13.8 Å². The first-order valence-corrected chi connectivity index (χ1v) is 8.34. The van der Waals surface area contributed by atoms with E-state index in [1.54, 1.807) is 18.4 Å². The minimum atomic E-state index is 0.200. The lowest BCUT2D eigenvalue weighted by Gasteiger charge is -2.23. The smallest absolute Gasteiger partial charge is 0.191 e. The molecular formula is C13H24N4S2. The van der Waals surface area contributed by atoms with Crippen molar-refractivity contribution in [2.45, 2.75) is 39.0 Å². The fourth-order valence-electron chi connectivity index (χ4n) is 1.36. The average molecular weight is 300 g/mol. The van der Waals surface area contributed by atoms with Crippen molar-refractivity contribution in [3.05, 3.63) is 15.6 Å². The third-order valence-corrected chi connectivity index (χ3v) is 5.26. The molecule has 0 aromatic carbocycles. The maximum absolute atomic E-state index is 4.51. The normalized spacial score (nSPS) is 12.6. The molecule has 0 unspecified atom stereocenters. The second kappa shape index (κ2) is 7.14. The SMILES string of the molecule is CN=C(NCc1nc(C)c(C)s1)NCC(C)(C)SC. The van der Waals surface area contributed by atoms with Crippen LogP contribution in [0.5, 0.6) is 0 Å². The zero-order valence-electron chi connectivity index (χ0n) is 12.6. The number of hydrogen-bond acceptors (Lipinski definition) is 4. The molecule has 0 atom stereocenters. The van der Waals surface area contributed by atoms with Crippen molar-refractivity contribution in [3.8, 4) is 0 Å². The standard InChI is InChI=1S/C13H24N4S2/c1-9-10(2)19-11(17-9)7-15-12(14-5)16-8-13(3,4)18-6/h7-8H2,1-6H3,(H2,14,15,16). The molecule has 4 nitrogen and oxygen atoms in total. The summed E-state index contributed by atoms with van der Waals surface area (Å²) in [4.78, 5) is 10.0. The van der Waals surface area contributed by atoms with Gasteiger partial charge in [-0.1, -0.05) is 0 Å². The van der Waals surface area contributed by atoms with Crippen molar-refractivity contribution in [2.75, 3.05) is 19.8 Å². The summed E-state index contributed by atoms with van der Waals surface area (Å²) in [6, 6.07) is 0. The van der Waals surface area contributed by atoms with E-state index >= 15 is 0 Å². The maximum atomic E-state index is 4.51. The number of thiazole rings is 1. The van der Waals surface area contributed by atoms with Gasteiger partial charge in [0.05, 0.1) is 12.2 Å². The van der Waals surface area contributed by atoms with Crippen LogP contribution in [0.3, 0.4) is 0 Å². The van der Waals surface area contributed by atoms with Crippen LogP contribution in [0.15, 0.2) is 4.99 Å². The number of nitrogens with one attached hydrogen (secondary N) is 2. The van der Waals surface area contributed by atoms with Crippen molar-refractivity contribution in [3.63, 3.8) is 0 Å². The molecule has 1 rings (SSSR count). The summed E-state index contributed by atoms with van der Waals surface area (Å²) in [5.41, 5.74) is 1.12. The minimum absolute atomic E-state index is 0.200. The van der Waals surface area contributed by atoms with Crippen LogP contribution in [0.4, 0.5) is 0 Å². The van der Waals surface area contributed by atoms with Crippen LogP contribution in [0.2, 0.25) is 0 Å². The molecule has 0 amide bonds. The van der Waals surface area contributed by atoms with Gasteiger partial charge >= 0.3 is 0 Å². The van der Waals surface area contributed by atoms with Crippen molar-refractivity contribution < 1.29 is 0 Å². The average Bonchev–Trinajstić information content (AvgIpc) is 2.69. The van der Waals surface area contributed by atoms with Gasteiger partial charge in [-0.3, -0.25) is 4.99 Å². The van der Waals surface area contributed by atoms with E-state index < -0.39 is 0 Å². The predicted octanol–water partition coefficient (Wildman–Crippen LogP) is 2.57. The molecule has 0 aliphatic rings. The quantitative estimate of drug-likeness (QED) is 0.648. The van der Waals surface area contributed by atoms with Crippen LogP contribution in [0.25, 0.3) is 0 Å². The second-order valence-corrected chi connectivity index (χ2v) is 7.79. The molecule has 1 heterocycles. The number of aryl methyl sites for hydroxylation is 2. The topological polar surface area (TPSA) is 49.3 Å². The summed E-state index contributed by atoms with van der Waals surface area (Å²) in [5.74, 6) is 0.827. The van der Waals surface area contributed by atoms with E-state index in [1.807, 2.05) is 18.7 Å². The van der Waals surface area contributed by atoms with E-state index in [2.05, 4.69) is 47.6 Å². The lowest BCUT2D eigenvalue weighted by Crippen LogP contribution is -2.42. The van der Waals surface area contributed by atoms with Crippen LogP contribution >= 0.6 is 23.1 Å². The first-order chi connectivity index (χ1) is 8.88. The first kappa shape index (κ1) is 16.3. The Balaban J connectivity index is 2.46. The molecule has 0 aliphatic carbocycles. The van der Waals surface area contributed by atoms with Gasteiger partial charge in [0.1, 0.15) is 5.01 Å². The summed E-state index contributed by atoms with van der Waals surface area (Å²) in [6.45, 7) is 10.2. The summed E-state index contributed by atoms with van der Waals surface area (Å²) < 4.78 is 0.200. The summed E-state index contributed by atoms with van der Waals surface area (Å²) in [7, 11) is 1.79. The predicted molar refractivity (Wildman–Crippen MR) is 87.4 cm³/mol. The second-order valence-electron chi connectivity index (χ2n) is 4.99. The van der Waals surface area contributed by atoms with Gasteiger partial charge in [0, 0.05) is 23.2 Å². The number of thioether (sulfide) groups is 1. The van der Waals surface area contributed by atoms with Gasteiger partial charge in [0.2, 0.25) is 0 Å². The van der Waals surface area contributed by atoms with Crippen molar-refractivity contribution >= 4 is 29.1 Å². The van der Waals surface area contributed by atoms with E-state index in [0.717, 1.165) is 29.8 Å². The van der Waals surface area contributed by atoms with E-state index in [9.17, 15) is 0 Å². The maximum Gasteiger partial charge on any atom is 0.191 e. The molecule has 108 valence electrons. The summed E-state index contributed by atoms with van der Waals surface area (Å²) in [6.07, 6.45) is 2.12. The molecule has 1 aromatic rings. The first-order valence-electron chi connectivity index (χ1n) is 6.30. The molecule has 0 aliphatic heterocycles. The molecule has 0 radical (unpaired) electrons. The Labute approximate surface area is 124 Å². The largest absolute Gasteiger partial charge is 0.355 e. The highest BCUT2D eigenvalue weighted by atomic mass is 32.2. The Bertz CT molecular complexity index is 418. The number of aromatic nitrogens is 1. The van der Waals surface area contributed by atoms with Crippen LogP contribution in [-0.2, 0) is 6.54 Å². The summed E-state index contributed by atoms with van der Waals surface area (Å²) in [5, 5.41) is 7.75. The molecule has 19 heavy (non-hydrogen) atoms. The molecular weight excluding hydrogens is 276 g/mol. The van der Waals surface area contributed by atoms with E-state index in [0.29, 0.717) is 0 Å². The Hall–Kier alpha value is -0.750. The van der Waals surface area contributed by atoms with Crippen molar-refractivity contribution in [1.29, 1.82) is 0 Å². The van der Waals surface area contributed by atoms with Gasteiger partial charge in [0.15, 0.2) is 5.96 Å². The highest BCUT2D eigenvalue weighted by molar-refractivity contribution is 7.99. The lowest BCUT2D eigenvalue weighted by molar-refractivity contribution is 0.664. The molecule has 6 heteroatoms. The van der Waals surface area contributed by atoms with E-state index in [4.69, 9.17) is 0 Å². The molecule has 2 N–H and O–H groups in total. The third kappa shape index (κ3) is 5.40. The zero-order valence-corrected chi connectivity index (χ0v) is 14.3. The van der Waals surface area contributed by atoms with E-state index in [1.165, 1.54) is 4.88 Å². The fourth-order valence-corrected chi connectivity index (χ4v) is 2.45. The van der Waals surface area contributed by atoms with Crippen LogP contribution in [0.1, 0.15) is 29.4 Å². The van der Waals surface area contributed by atoms with E-state index in [-0.39, 0.29) is 4.75 Å². The Morgan fingerprint density at radius 2 is 2.05 bits per heavy atom. The van der Waals surface area contributed by atoms with Gasteiger partial charge in [-0.2, -0.15) is 11.8 Å². The Morgan fingerprint density at radius 1 is 1.37 bits per heavy atom. The molecule has 0 bridgehead atoms. The van der Waals surface area contributed by atoms with Gasteiger partial charge < -0.3 is 10.6 Å². The number of rotatable bonds is 5. The monoisotopic (exact) mass is 300 g/mol. The van der Waals surface area contributed by atoms with Crippen LogP contribution < -0.4 is 10.6 Å². The van der Waals surface area contributed by atoms with Crippen molar-refractivity contribution in [1.82, 2.24) is 15.6 Å². The highest BCUT2D eigenvalue weighted by Crippen LogP contribution is 2.19. The third-order valence-electron chi connectivity index (χ3n) is 2.94.